The average molecular weight is 364 g/mol. The Bertz CT molecular complexity index is 922. The van der Waals surface area contributed by atoms with Crippen molar-refractivity contribution in [2.45, 2.75) is 9.79 Å². The molecule has 0 aliphatic rings. The van der Waals surface area contributed by atoms with Gasteiger partial charge in [-0.25, -0.2) is 16.8 Å². The van der Waals surface area contributed by atoms with Crippen LogP contribution in [0.4, 0.5) is 0 Å². The topological polar surface area (TPSA) is 155 Å². The van der Waals surface area contributed by atoms with Crippen molar-refractivity contribution >= 4 is 31.0 Å². The molecule has 0 atom stereocenters. The summed E-state index contributed by atoms with van der Waals surface area (Å²) in [6.07, 6.45) is 0. The summed E-state index contributed by atoms with van der Waals surface area (Å²) in [4.78, 5) is -1.83. The maximum atomic E-state index is 10.9. The van der Waals surface area contributed by atoms with Gasteiger partial charge in [0.1, 0.15) is 36.6 Å². The van der Waals surface area contributed by atoms with E-state index in [0.717, 1.165) is 24.3 Å². The van der Waals surface area contributed by atoms with E-state index < -0.39 is 41.5 Å². The summed E-state index contributed by atoms with van der Waals surface area (Å²) in [5.41, 5.74) is 0. The van der Waals surface area contributed by atoms with Gasteiger partial charge in [-0.3, -0.25) is 0 Å². The van der Waals surface area contributed by atoms with Gasteiger partial charge < -0.3 is 19.3 Å². The van der Waals surface area contributed by atoms with Crippen molar-refractivity contribution in [1.29, 1.82) is 0 Å². The molecular formula is C10H6Na2O8S2. The third-order valence-corrected chi connectivity index (χ3v) is 4.29. The Morgan fingerprint density at radius 3 is 1.86 bits per heavy atom. The van der Waals surface area contributed by atoms with E-state index in [9.17, 15) is 36.2 Å². The van der Waals surface area contributed by atoms with E-state index in [-0.39, 0.29) is 69.9 Å². The fourth-order valence-corrected chi connectivity index (χ4v) is 2.90. The van der Waals surface area contributed by atoms with E-state index in [2.05, 4.69) is 0 Å². The van der Waals surface area contributed by atoms with Gasteiger partial charge in [-0.1, -0.05) is 0 Å². The van der Waals surface area contributed by atoms with Crippen LogP contribution in [-0.2, 0) is 20.2 Å². The standard InChI is InChI=1S/C10H8O8S2.2Na/c11-8-4-5-3-6(19(13,14)15)1-2-7(5)9(12)10(8)20(16,17)18;;/h1-4,11-12H,(H,13,14,15)(H,16,17,18);;/q;2*+1/p-2. The van der Waals surface area contributed by atoms with Gasteiger partial charge in [-0.15, -0.1) is 0 Å². The van der Waals surface area contributed by atoms with Crippen LogP contribution >= 0.6 is 0 Å². The summed E-state index contributed by atoms with van der Waals surface area (Å²) in [6, 6.07) is 3.43. The summed E-state index contributed by atoms with van der Waals surface area (Å²) in [6.45, 7) is 0. The smallest absolute Gasteiger partial charge is 0.744 e. The molecule has 0 spiro atoms. The molecule has 0 unspecified atom stereocenters. The summed E-state index contributed by atoms with van der Waals surface area (Å²) in [5, 5.41) is 18.8. The zero-order valence-corrected chi connectivity index (χ0v) is 17.1. The van der Waals surface area contributed by atoms with Crippen molar-refractivity contribution < 1.29 is 95.3 Å². The largest absolute Gasteiger partial charge is 1.00 e. The predicted molar refractivity (Wildman–Crippen MR) is 63.2 cm³/mol. The second-order valence-corrected chi connectivity index (χ2v) is 6.56. The fourth-order valence-electron chi connectivity index (χ4n) is 1.73. The van der Waals surface area contributed by atoms with Gasteiger partial charge in [0.05, 0.1) is 4.90 Å². The van der Waals surface area contributed by atoms with Gasteiger partial charge >= 0.3 is 59.1 Å². The summed E-state index contributed by atoms with van der Waals surface area (Å²) in [7, 11) is -9.88. The molecule has 0 aliphatic heterocycles. The van der Waals surface area contributed by atoms with Crippen LogP contribution in [0, 0.1) is 0 Å². The number of fused-ring (bicyclic) bond motifs is 1. The van der Waals surface area contributed by atoms with Crippen molar-refractivity contribution in [2.75, 3.05) is 0 Å². The normalized spacial score (nSPS) is 11.5. The van der Waals surface area contributed by atoms with Crippen LogP contribution in [0.1, 0.15) is 0 Å². The number of phenolic OH excluding ortho intramolecular Hbond substituents is 2. The van der Waals surface area contributed by atoms with Gasteiger partial charge in [-0.05, 0) is 29.7 Å². The SMILES string of the molecule is O=S(=O)([O-])c1ccc2c(O)c(S(=O)(=O)[O-])c(O)cc2c1.[Na+].[Na+]. The van der Waals surface area contributed by atoms with Crippen LogP contribution in [0.25, 0.3) is 10.8 Å². The number of aromatic hydroxyl groups is 2. The first kappa shape index (κ1) is 22.1. The van der Waals surface area contributed by atoms with Gasteiger partial charge in [0, 0.05) is 5.39 Å². The molecule has 0 bridgehead atoms. The Hall–Kier alpha value is 0.120. The minimum atomic E-state index is -5.12. The quantitative estimate of drug-likeness (QED) is 0.394. The first-order valence-corrected chi connectivity index (χ1v) is 7.74. The summed E-state index contributed by atoms with van der Waals surface area (Å²) >= 11 is 0. The monoisotopic (exact) mass is 364 g/mol. The molecule has 12 heteroatoms. The van der Waals surface area contributed by atoms with Gasteiger partial charge in [0.15, 0.2) is 0 Å². The molecule has 2 N–H and O–H groups in total. The van der Waals surface area contributed by atoms with Crippen molar-refractivity contribution in [3.8, 4) is 11.5 Å². The minimum absolute atomic E-state index is 0. The Kier molecular flexibility index (Phi) is 7.38. The van der Waals surface area contributed by atoms with E-state index in [0.29, 0.717) is 0 Å². The Balaban J connectivity index is 0.00000220. The average Bonchev–Trinajstić information content (AvgIpc) is 2.24. The van der Waals surface area contributed by atoms with Crippen molar-refractivity contribution in [3.63, 3.8) is 0 Å². The van der Waals surface area contributed by atoms with Gasteiger partial charge in [-0.2, -0.15) is 0 Å². The van der Waals surface area contributed by atoms with E-state index in [1.807, 2.05) is 0 Å². The second kappa shape index (κ2) is 7.34. The molecule has 0 aromatic heterocycles. The van der Waals surface area contributed by atoms with Crippen LogP contribution < -0.4 is 59.1 Å². The molecule has 2 aromatic rings. The molecule has 0 fully saturated rings. The molecule has 0 aliphatic carbocycles. The fraction of sp³-hybridized carbons (Fsp3) is 0. The molecule has 8 nitrogen and oxygen atoms in total. The van der Waals surface area contributed by atoms with Crippen LogP contribution in [-0.4, -0.2) is 36.2 Å². The predicted octanol–water partition coefficient (Wildman–Crippen LogP) is -5.93. The maximum Gasteiger partial charge on any atom is 1.00 e. The summed E-state index contributed by atoms with van der Waals surface area (Å²) in [5.74, 6) is -2.05. The Morgan fingerprint density at radius 1 is 0.864 bits per heavy atom. The third kappa shape index (κ3) is 4.35. The molecule has 108 valence electrons. The molecular weight excluding hydrogens is 358 g/mol. The van der Waals surface area contributed by atoms with Crippen LogP contribution in [0.2, 0.25) is 0 Å². The molecule has 0 heterocycles. The molecule has 22 heavy (non-hydrogen) atoms. The van der Waals surface area contributed by atoms with Crippen molar-refractivity contribution in [3.05, 3.63) is 24.3 Å². The van der Waals surface area contributed by atoms with Crippen LogP contribution in [0.15, 0.2) is 34.1 Å². The number of benzene rings is 2. The molecule has 0 radical (unpaired) electrons. The van der Waals surface area contributed by atoms with Crippen molar-refractivity contribution in [2.24, 2.45) is 0 Å². The van der Waals surface area contributed by atoms with Gasteiger partial charge in [0.2, 0.25) is 0 Å². The molecule has 0 amide bonds. The van der Waals surface area contributed by atoms with Gasteiger partial charge in [0.25, 0.3) is 0 Å². The second-order valence-electron chi connectivity index (χ2n) is 3.86. The molecule has 2 aromatic carbocycles. The van der Waals surface area contributed by atoms with Crippen LogP contribution in [0.3, 0.4) is 0 Å². The number of hydrogen-bond donors (Lipinski definition) is 2. The Labute approximate surface area is 170 Å². The number of phenols is 2. The number of hydrogen-bond acceptors (Lipinski definition) is 8. The van der Waals surface area contributed by atoms with E-state index in [4.69, 9.17) is 0 Å². The van der Waals surface area contributed by atoms with E-state index in [1.165, 1.54) is 0 Å². The van der Waals surface area contributed by atoms with E-state index in [1.54, 1.807) is 0 Å². The van der Waals surface area contributed by atoms with Crippen LogP contribution in [0.5, 0.6) is 11.5 Å². The van der Waals surface area contributed by atoms with Crippen molar-refractivity contribution in [1.82, 2.24) is 0 Å². The molecule has 0 saturated carbocycles. The maximum absolute atomic E-state index is 10.9. The summed E-state index contributed by atoms with van der Waals surface area (Å²) < 4.78 is 65.3. The minimum Gasteiger partial charge on any atom is -0.744 e. The van der Waals surface area contributed by atoms with E-state index >= 15 is 0 Å². The molecule has 2 rings (SSSR count). The Morgan fingerprint density at radius 2 is 1.41 bits per heavy atom. The first-order chi connectivity index (χ1) is 9.01. The molecule has 0 saturated heterocycles. The zero-order chi connectivity index (χ0) is 15.3. The zero-order valence-electron chi connectivity index (χ0n) is 11.5. The number of rotatable bonds is 2. The first-order valence-electron chi connectivity index (χ1n) is 4.92. The third-order valence-electron chi connectivity index (χ3n) is 2.56.